The molecule has 1 nitrogen and oxygen atoms in total. The topological polar surface area (TPSA) is 12.9 Å². The highest BCUT2D eigenvalue weighted by Crippen LogP contribution is 2.33. The van der Waals surface area contributed by atoms with E-state index in [4.69, 9.17) is 4.98 Å². The molecule has 0 unspecified atom stereocenters. The summed E-state index contributed by atoms with van der Waals surface area (Å²) in [5, 5.41) is 1.55. The third-order valence-electron chi connectivity index (χ3n) is 6.57. The van der Waals surface area contributed by atoms with E-state index in [-0.39, 0.29) is 0 Å². The molecule has 0 aliphatic carbocycles. The summed E-state index contributed by atoms with van der Waals surface area (Å²) in [4.78, 5) is 5.32. The van der Waals surface area contributed by atoms with Gasteiger partial charge in [0.1, 0.15) is 0 Å². The Morgan fingerprint density at radius 3 is 1.63 bits per heavy atom. The number of pyridine rings is 1. The molecule has 1 aromatic carbocycles. The van der Waals surface area contributed by atoms with Gasteiger partial charge >= 0.3 is 0 Å². The molecule has 0 aliphatic rings. The quantitative estimate of drug-likeness (QED) is 0.286. The first-order chi connectivity index (χ1) is 14.7. The van der Waals surface area contributed by atoms with Gasteiger partial charge in [-0.25, -0.2) is 0 Å². The predicted molar refractivity (Wildman–Crippen MR) is 135 cm³/mol. The Balaban J connectivity index is 2.74. The highest BCUT2D eigenvalue weighted by atomic mass is 14.7. The minimum absolute atomic E-state index is 1.15. The van der Waals surface area contributed by atoms with E-state index in [0.717, 1.165) is 6.42 Å². The molecule has 0 radical (unpaired) electrons. The molecule has 0 spiro atoms. The molecule has 0 saturated carbocycles. The molecule has 30 heavy (non-hydrogen) atoms. The fourth-order valence-corrected chi connectivity index (χ4v) is 4.72. The second kappa shape index (κ2) is 13.8. The molecule has 1 aromatic heterocycles. The molecule has 2 aromatic rings. The van der Waals surface area contributed by atoms with Gasteiger partial charge in [-0.1, -0.05) is 72.8 Å². The maximum atomic E-state index is 5.32. The number of rotatable bonds is 15. The summed E-state index contributed by atoms with van der Waals surface area (Å²) in [5.41, 5.74) is 9.22. The molecule has 0 bridgehead atoms. The second-order valence-electron chi connectivity index (χ2n) is 9.13. The van der Waals surface area contributed by atoms with E-state index in [1.54, 1.807) is 27.6 Å². The Kier molecular flexibility index (Phi) is 11.5. The number of aromatic nitrogens is 1. The zero-order valence-corrected chi connectivity index (χ0v) is 20.7. The molecule has 1 heteroatoms. The monoisotopic (exact) mass is 409 g/mol. The second-order valence-corrected chi connectivity index (χ2v) is 9.13. The van der Waals surface area contributed by atoms with Crippen LogP contribution >= 0.6 is 0 Å². The number of nitrogens with zero attached hydrogens (tertiary/aromatic N) is 1. The minimum Gasteiger partial charge on any atom is -0.253 e. The summed E-state index contributed by atoms with van der Waals surface area (Å²) in [7, 11) is 0. The Bertz CT molecular complexity index is 759. The molecule has 168 valence electrons. The van der Waals surface area contributed by atoms with E-state index in [1.165, 1.54) is 101 Å². The lowest BCUT2D eigenvalue weighted by atomic mass is 9.86. The highest BCUT2D eigenvalue weighted by Gasteiger charge is 2.18. The summed E-state index contributed by atoms with van der Waals surface area (Å²) < 4.78 is 0. The van der Waals surface area contributed by atoms with Gasteiger partial charge in [0.05, 0.1) is 5.52 Å². The van der Waals surface area contributed by atoms with E-state index in [0.29, 0.717) is 0 Å². The van der Waals surface area contributed by atoms with Crippen LogP contribution in [0.4, 0.5) is 0 Å². The van der Waals surface area contributed by atoms with Gasteiger partial charge < -0.3 is 0 Å². The van der Waals surface area contributed by atoms with Crippen molar-refractivity contribution in [3.05, 3.63) is 40.1 Å². The SMILES string of the molecule is CCCCc1ccc2nc(CCCC)c(CCCC)c(CCCC)c2c1CCCC. The van der Waals surface area contributed by atoms with E-state index >= 15 is 0 Å². The van der Waals surface area contributed by atoms with Gasteiger partial charge in [0, 0.05) is 11.1 Å². The Morgan fingerprint density at radius 1 is 0.533 bits per heavy atom. The smallest absolute Gasteiger partial charge is 0.0711 e. The average molecular weight is 410 g/mol. The van der Waals surface area contributed by atoms with Crippen molar-refractivity contribution in [1.29, 1.82) is 0 Å². The van der Waals surface area contributed by atoms with Crippen LogP contribution in [0.1, 0.15) is 127 Å². The number of hydrogen-bond acceptors (Lipinski definition) is 1. The Labute approximate surface area is 187 Å². The number of fused-ring (bicyclic) bond motifs is 1. The van der Waals surface area contributed by atoms with E-state index in [9.17, 15) is 0 Å². The number of unbranched alkanes of at least 4 members (excludes halogenated alkanes) is 5. The van der Waals surface area contributed by atoms with Crippen molar-refractivity contribution in [3.8, 4) is 0 Å². The van der Waals surface area contributed by atoms with Gasteiger partial charge in [-0.3, -0.25) is 4.98 Å². The van der Waals surface area contributed by atoms with Crippen LogP contribution in [0.2, 0.25) is 0 Å². The molecule has 0 saturated heterocycles. The van der Waals surface area contributed by atoms with Crippen molar-refractivity contribution in [2.75, 3.05) is 0 Å². The van der Waals surface area contributed by atoms with E-state index < -0.39 is 0 Å². The molecule has 0 amide bonds. The first kappa shape index (κ1) is 24.9. The van der Waals surface area contributed by atoms with Gasteiger partial charge in [-0.15, -0.1) is 0 Å². The normalized spacial score (nSPS) is 11.5. The molecule has 0 aliphatic heterocycles. The maximum Gasteiger partial charge on any atom is 0.0711 e. The summed E-state index contributed by atoms with van der Waals surface area (Å²) in [6, 6.07) is 4.76. The third kappa shape index (κ3) is 6.56. The maximum absolute atomic E-state index is 5.32. The van der Waals surface area contributed by atoms with Crippen molar-refractivity contribution in [2.45, 2.75) is 131 Å². The summed E-state index contributed by atoms with van der Waals surface area (Å²) in [6.45, 7) is 11.6. The zero-order chi connectivity index (χ0) is 21.8. The van der Waals surface area contributed by atoms with Crippen LogP contribution in [0, 0.1) is 0 Å². The Morgan fingerprint density at radius 2 is 1.03 bits per heavy atom. The number of benzene rings is 1. The molecule has 0 N–H and O–H groups in total. The van der Waals surface area contributed by atoms with Gasteiger partial charge in [-0.05, 0) is 92.5 Å². The molecular weight excluding hydrogens is 362 g/mol. The van der Waals surface area contributed by atoms with Gasteiger partial charge in [0.15, 0.2) is 0 Å². The fraction of sp³-hybridized carbons (Fsp3) is 0.690. The van der Waals surface area contributed by atoms with Crippen LogP contribution in [0.15, 0.2) is 12.1 Å². The van der Waals surface area contributed by atoms with Crippen LogP contribution < -0.4 is 0 Å². The van der Waals surface area contributed by atoms with Crippen LogP contribution in [0.5, 0.6) is 0 Å². The highest BCUT2D eigenvalue weighted by molar-refractivity contribution is 5.88. The fourth-order valence-electron chi connectivity index (χ4n) is 4.72. The van der Waals surface area contributed by atoms with E-state index in [1.807, 2.05) is 0 Å². The lowest BCUT2D eigenvalue weighted by Crippen LogP contribution is -2.09. The summed E-state index contributed by atoms with van der Waals surface area (Å²) in [6.07, 6.45) is 18.7. The first-order valence-electron chi connectivity index (χ1n) is 13.2. The van der Waals surface area contributed by atoms with Crippen LogP contribution in [0.3, 0.4) is 0 Å². The third-order valence-corrected chi connectivity index (χ3v) is 6.57. The van der Waals surface area contributed by atoms with Crippen molar-refractivity contribution < 1.29 is 0 Å². The first-order valence-corrected chi connectivity index (χ1v) is 13.2. The minimum atomic E-state index is 1.15. The average Bonchev–Trinajstić information content (AvgIpc) is 2.77. The van der Waals surface area contributed by atoms with Gasteiger partial charge in [0.25, 0.3) is 0 Å². The lowest BCUT2D eigenvalue weighted by molar-refractivity contribution is 0.723. The van der Waals surface area contributed by atoms with Gasteiger partial charge in [-0.2, -0.15) is 0 Å². The molecular formula is C29H47N. The Hall–Kier alpha value is -1.37. The predicted octanol–water partition coefficient (Wildman–Crippen LogP) is 8.95. The largest absolute Gasteiger partial charge is 0.253 e. The number of hydrogen-bond donors (Lipinski definition) is 0. The van der Waals surface area contributed by atoms with Crippen molar-refractivity contribution in [3.63, 3.8) is 0 Å². The molecule has 2 rings (SSSR count). The molecule has 0 fully saturated rings. The summed E-state index contributed by atoms with van der Waals surface area (Å²) in [5.74, 6) is 0. The van der Waals surface area contributed by atoms with Crippen LogP contribution in [-0.4, -0.2) is 4.98 Å². The lowest BCUT2D eigenvalue weighted by Gasteiger charge is -2.21. The van der Waals surface area contributed by atoms with Crippen molar-refractivity contribution in [2.24, 2.45) is 0 Å². The van der Waals surface area contributed by atoms with Crippen LogP contribution in [0.25, 0.3) is 10.9 Å². The molecule has 0 atom stereocenters. The zero-order valence-electron chi connectivity index (χ0n) is 20.7. The van der Waals surface area contributed by atoms with Crippen molar-refractivity contribution >= 4 is 10.9 Å². The van der Waals surface area contributed by atoms with Crippen LogP contribution in [-0.2, 0) is 32.1 Å². The molecule has 1 heterocycles. The van der Waals surface area contributed by atoms with E-state index in [2.05, 4.69) is 46.8 Å². The standard InChI is InChI=1S/C29H47N/c1-6-11-16-23-21-22-28-29(24(23)17-12-7-2)26(19-14-9-4)25(18-13-8-3)27(30-28)20-15-10-5/h21-22H,6-20H2,1-5H3. The van der Waals surface area contributed by atoms with Crippen molar-refractivity contribution in [1.82, 2.24) is 4.98 Å². The number of aryl methyl sites for hydroxylation is 4. The summed E-state index contributed by atoms with van der Waals surface area (Å²) >= 11 is 0. The van der Waals surface area contributed by atoms with Gasteiger partial charge in [0.2, 0.25) is 0 Å².